The van der Waals surface area contributed by atoms with Crippen molar-refractivity contribution in [3.8, 4) is 5.75 Å². The molecule has 0 unspecified atom stereocenters. The second-order valence-electron chi connectivity index (χ2n) is 5.96. The molecule has 0 spiro atoms. The molecule has 0 aliphatic rings. The molecule has 8 heteroatoms. The molecule has 136 valence electrons. The number of aromatic nitrogens is 1. The molecular formula is C17H23N3O4S. The van der Waals surface area contributed by atoms with Gasteiger partial charge in [-0.1, -0.05) is 12.1 Å². The minimum atomic E-state index is -3.58. The molecule has 0 saturated carbocycles. The van der Waals surface area contributed by atoms with Crippen molar-refractivity contribution in [2.24, 2.45) is 0 Å². The average molecular weight is 365 g/mol. The highest BCUT2D eigenvalue weighted by molar-refractivity contribution is 7.89. The van der Waals surface area contributed by atoms with Crippen LogP contribution in [0.15, 0.2) is 52.3 Å². The van der Waals surface area contributed by atoms with Crippen LogP contribution in [0, 0.1) is 0 Å². The number of hydrogen-bond acceptors (Lipinski definition) is 5. The van der Waals surface area contributed by atoms with E-state index in [0.717, 1.165) is 15.6 Å². The lowest BCUT2D eigenvalue weighted by atomic mass is 10.2. The number of benzene rings is 1. The molecule has 1 aromatic heterocycles. The van der Waals surface area contributed by atoms with Crippen LogP contribution in [0.3, 0.4) is 0 Å². The molecular weight excluding hydrogens is 342 g/mol. The largest absolute Gasteiger partial charge is 0.497 e. The van der Waals surface area contributed by atoms with Gasteiger partial charge in [-0.15, -0.1) is 0 Å². The molecule has 0 bridgehead atoms. The fraction of sp³-hybridized carbons (Fsp3) is 0.353. The Balaban J connectivity index is 2.17. The third kappa shape index (κ3) is 4.68. The van der Waals surface area contributed by atoms with E-state index in [0.29, 0.717) is 6.54 Å². The Bertz CT molecular complexity index is 874. The number of hydrogen-bond donors (Lipinski definition) is 0. The summed E-state index contributed by atoms with van der Waals surface area (Å²) in [4.78, 5) is 14.1. The highest BCUT2D eigenvalue weighted by atomic mass is 32.2. The number of methoxy groups -OCH3 is 1. The molecule has 2 rings (SSSR count). The van der Waals surface area contributed by atoms with Crippen LogP contribution < -0.4 is 10.3 Å². The third-order valence-corrected chi connectivity index (χ3v) is 5.54. The van der Waals surface area contributed by atoms with E-state index in [1.54, 1.807) is 7.11 Å². The van der Waals surface area contributed by atoms with Gasteiger partial charge in [-0.2, -0.15) is 0 Å². The third-order valence-electron chi connectivity index (χ3n) is 3.74. The fourth-order valence-electron chi connectivity index (χ4n) is 2.34. The van der Waals surface area contributed by atoms with Crippen molar-refractivity contribution in [3.05, 3.63) is 58.5 Å². The summed E-state index contributed by atoms with van der Waals surface area (Å²) in [5, 5.41) is 0. The van der Waals surface area contributed by atoms with Crippen molar-refractivity contribution in [2.75, 3.05) is 28.3 Å². The number of sulfonamides is 1. The summed E-state index contributed by atoms with van der Waals surface area (Å²) in [7, 11) is 2.82. The topological polar surface area (TPSA) is 71.8 Å². The zero-order chi connectivity index (χ0) is 18.6. The number of ether oxygens (including phenoxy) is 1. The average Bonchev–Trinajstić information content (AvgIpc) is 2.57. The lowest BCUT2D eigenvalue weighted by molar-refractivity contribution is 0.255. The van der Waals surface area contributed by atoms with Gasteiger partial charge >= 0.3 is 0 Å². The van der Waals surface area contributed by atoms with Crippen molar-refractivity contribution < 1.29 is 13.2 Å². The summed E-state index contributed by atoms with van der Waals surface area (Å²) in [6, 6.07) is 10.3. The minimum absolute atomic E-state index is 0.0925. The summed E-state index contributed by atoms with van der Waals surface area (Å²) in [5.74, 6) is 0.782. The SMILES string of the molecule is COc1ccc(CN(C)Cn2cc(S(=O)(=O)N(C)C)ccc2=O)cc1. The Labute approximate surface area is 148 Å². The van der Waals surface area contributed by atoms with Crippen LogP contribution >= 0.6 is 0 Å². The van der Waals surface area contributed by atoms with Crippen LogP contribution in [-0.2, 0) is 23.2 Å². The van der Waals surface area contributed by atoms with Gasteiger partial charge in [0.05, 0.1) is 18.7 Å². The molecule has 0 atom stereocenters. The van der Waals surface area contributed by atoms with Crippen LogP contribution in [0.4, 0.5) is 0 Å². The number of nitrogens with zero attached hydrogens (tertiary/aromatic N) is 3. The van der Waals surface area contributed by atoms with Crippen LogP contribution in [0.25, 0.3) is 0 Å². The number of pyridine rings is 1. The number of rotatable bonds is 7. The molecule has 1 heterocycles. The van der Waals surface area contributed by atoms with Crippen molar-refractivity contribution in [2.45, 2.75) is 18.1 Å². The summed E-state index contributed by atoms with van der Waals surface area (Å²) in [5.41, 5.74) is 0.813. The van der Waals surface area contributed by atoms with E-state index in [4.69, 9.17) is 4.74 Å². The van der Waals surface area contributed by atoms with E-state index in [1.807, 2.05) is 36.2 Å². The molecule has 7 nitrogen and oxygen atoms in total. The molecule has 1 aromatic carbocycles. The lowest BCUT2D eigenvalue weighted by Crippen LogP contribution is -2.30. The van der Waals surface area contributed by atoms with Gasteiger partial charge in [0.25, 0.3) is 5.56 Å². The first kappa shape index (κ1) is 19.2. The molecule has 0 amide bonds. The van der Waals surface area contributed by atoms with Gasteiger partial charge in [-0.3, -0.25) is 9.69 Å². The van der Waals surface area contributed by atoms with Crippen molar-refractivity contribution in [3.63, 3.8) is 0 Å². The molecule has 0 N–H and O–H groups in total. The van der Waals surface area contributed by atoms with Gasteiger partial charge in [0.15, 0.2) is 0 Å². The highest BCUT2D eigenvalue weighted by Gasteiger charge is 2.18. The van der Waals surface area contributed by atoms with Gasteiger partial charge in [0.2, 0.25) is 10.0 Å². The van der Waals surface area contributed by atoms with Crippen molar-refractivity contribution in [1.29, 1.82) is 0 Å². The molecule has 0 aliphatic carbocycles. The minimum Gasteiger partial charge on any atom is -0.497 e. The van der Waals surface area contributed by atoms with Crippen LogP contribution in [0.1, 0.15) is 5.56 Å². The first-order valence-corrected chi connectivity index (χ1v) is 9.12. The molecule has 0 radical (unpaired) electrons. The monoisotopic (exact) mass is 365 g/mol. The maximum absolute atomic E-state index is 12.2. The smallest absolute Gasteiger partial charge is 0.251 e. The Morgan fingerprint density at radius 2 is 1.68 bits per heavy atom. The Morgan fingerprint density at radius 1 is 1.04 bits per heavy atom. The molecule has 0 aliphatic heterocycles. The van der Waals surface area contributed by atoms with Gasteiger partial charge in [0.1, 0.15) is 5.75 Å². The van der Waals surface area contributed by atoms with E-state index in [1.165, 1.54) is 37.0 Å². The summed E-state index contributed by atoms with van der Waals surface area (Å²) < 4.78 is 32.1. The van der Waals surface area contributed by atoms with E-state index in [-0.39, 0.29) is 17.1 Å². The second kappa shape index (κ2) is 7.81. The first-order chi connectivity index (χ1) is 11.7. The standard InChI is InChI=1S/C17H23N3O4S/c1-18(2)25(22,23)16-9-10-17(21)20(12-16)13-19(3)11-14-5-7-15(24-4)8-6-14/h5-10,12H,11,13H2,1-4H3. The molecule has 25 heavy (non-hydrogen) atoms. The van der Waals surface area contributed by atoms with E-state index < -0.39 is 10.0 Å². The summed E-state index contributed by atoms with van der Waals surface area (Å²) in [6.45, 7) is 0.892. The van der Waals surface area contributed by atoms with E-state index >= 15 is 0 Å². The molecule has 2 aromatic rings. The van der Waals surface area contributed by atoms with E-state index in [2.05, 4.69) is 0 Å². The first-order valence-electron chi connectivity index (χ1n) is 7.68. The maximum Gasteiger partial charge on any atom is 0.251 e. The van der Waals surface area contributed by atoms with Crippen LogP contribution in [0.2, 0.25) is 0 Å². The Morgan fingerprint density at radius 3 is 2.24 bits per heavy atom. The Kier molecular flexibility index (Phi) is 5.99. The lowest BCUT2D eigenvalue weighted by Gasteiger charge is -2.19. The second-order valence-corrected chi connectivity index (χ2v) is 8.12. The quantitative estimate of drug-likeness (QED) is 0.737. The van der Waals surface area contributed by atoms with Gasteiger partial charge in [-0.05, 0) is 30.8 Å². The zero-order valence-electron chi connectivity index (χ0n) is 14.8. The highest BCUT2D eigenvalue weighted by Crippen LogP contribution is 2.13. The van der Waals surface area contributed by atoms with Crippen LogP contribution in [-0.4, -0.2) is 50.4 Å². The maximum atomic E-state index is 12.2. The predicted octanol–water partition coefficient (Wildman–Crippen LogP) is 1.20. The molecule has 0 saturated heterocycles. The van der Waals surface area contributed by atoms with Crippen molar-refractivity contribution >= 4 is 10.0 Å². The van der Waals surface area contributed by atoms with Crippen molar-refractivity contribution in [1.82, 2.24) is 13.8 Å². The van der Waals surface area contributed by atoms with Crippen LogP contribution in [0.5, 0.6) is 5.75 Å². The summed E-state index contributed by atoms with van der Waals surface area (Å²) >= 11 is 0. The van der Waals surface area contributed by atoms with E-state index in [9.17, 15) is 13.2 Å². The van der Waals surface area contributed by atoms with Gasteiger partial charge < -0.3 is 9.30 Å². The molecule has 0 fully saturated rings. The van der Waals surface area contributed by atoms with Gasteiger partial charge in [0, 0.05) is 32.9 Å². The fourth-order valence-corrected chi connectivity index (χ4v) is 3.26. The summed E-state index contributed by atoms with van der Waals surface area (Å²) in [6.07, 6.45) is 1.38. The van der Waals surface area contributed by atoms with Gasteiger partial charge in [-0.25, -0.2) is 12.7 Å². The zero-order valence-corrected chi connectivity index (χ0v) is 15.7. The Hall–Kier alpha value is -2.16. The predicted molar refractivity (Wildman–Crippen MR) is 96.0 cm³/mol. The normalized spacial score (nSPS) is 11.9.